The number of benzene rings is 1. The van der Waals surface area contributed by atoms with Gasteiger partial charge in [-0.05, 0) is 47.0 Å². The molecular weight excluding hydrogens is 339 g/mol. The van der Waals surface area contributed by atoms with E-state index in [0.717, 1.165) is 38.2 Å². The summed E-state index contributed by atoms with van der Waals surface area (Å²) in [6, 6.07) is 5.29. The van der Waals surface area contributed by atoms with Crippen LogP contribution >= 0.6 is 15.9 Å². The molecule has 1 aromatic carbocycles. The van der Waals surface area contributed by atoms with Crippen LogP contribution < -0.4 is 0 Å². The highest BCUT2D eigenvalue weighted by Gasteiger charge is 2.21. The molecule has 21 heavy (non-hydrogen) atoms. The lowest BCUT2D eigenvalue weighted by Crippen LogP contribution is -2.35. The van der Waals surface area contributed by atoms with Gasteiger partial charge in [-0.1, -0.05) is 6.07 Å². The van der Waals surface area contributed by atoms with Crippen molar-refractivity contribution < 1.29 is 14.3 Å². The van der Waals surface area contributed by atoms with Gasteiger partial charge in [0.25, 0.3) is 0 Å². The van der Waals surface area contributed by atoms with E-state index < -0.39 is 5.97 Å². The summed E-state index contributed by atoms with van der Waals surface area (Å²) in [7, 11) is 0. The van der Waals surface area contributed by atoms with Crippen molar-refractivity contribution >= 4 is 21.9 Å². The molecule has 0 bridgehead atoms. The van der Waals surface area contributed by atoms with Gasteiger partial charge in [0.15, 0.2) is 0 Å². The molecule has 0 radical (unpaired) electrons. The maximum atomic E-state index is 13.3. The van der Waals surface area contributed by atoms with Crippen LogP contribution in [0.15, 0.2) is 22.7 Å². The zero-order valence-electron chi connectivity index (χ0n) is 12.1. The van der Waals surface area contributed by atoms with Crippen LogP contribution in [-0.2, 0) is 4.79 Å². The van der Waals surface area contributed by atoms with Crippen molar-refractivity contribution in [3.8, 4) is 0 Å². The van der Waals surface area contributed by atoms with E-state index in [2.05, 4.69) is 27.8 Å². The Kier molecular flexibility index (Phi) is 5.72. The summed E-state index contributed by atoms with van der Waals surface area (Å²) >= 11 is 3.22. The fraction of sp³-hybridized carbons (Fsp3) is 0.533. The van der Waals surface area contributed by atoms with E-state index in [0.29, 0.717) is 4.47 Å². The number of aliphatic carboxylic acids is 1. The number of hydrogen-bond donors (Lipinski definition) is 1. The molecule has 1 aliphatic heterocycles. The van der Waals surface area contributed by atoms with Gasteiger partial charge < -0.3 is 5.11 Å². The van der Waals surface area contributed by atoms with E-state index >= 15 is 0 Å². The predicted molar refractivity (Wildman–Crippen MR) is 82.8 cm³/mol. The molecule has 1 aromatic rings. The molecule has 0 spiro atoms. The number of carbonyl (C=O) groups is 1. The lowest BCUT2D eigenvalue weighted by molar-refractivity contribution is -0.138. The van der Waals surface area contributed by atoms with Gasteiger partial charge in [0.05, 0.1) is 11.0 Å². The third-order valence-corrected chi connectivity index (χ3v) is 4.56. The van der Waals surface area contributed by atoms with Crippen molar-refractivity contribution in [2.45, 2.75) is 19.4 Å². The van der Waals surface area contributed by atoms with E-state index in [4.69, 9.17) is 5.11 Å². The Morgan fingerprint density at radius 1 is 1.38 bits per heavy atom. The second-order valence-corrected chi connectivity index (χ2v) is 6.26. The minimum absolute atomic E-state index is 0.102. The molecule has 116 valence electrons. The predicted octanol–water partition coefficient (Wildman–Crippen LogP) is 2.74. The third kappa shape index (κ3) is 4.49. The summed E-state index contributed by atoms with van der Waals surface area (Å²) in [6.45, 7) is 5.51. The molecule has 1 atom stereocenters. The molecule has 0 aliphatic carbocycles. The number of carboxylic acid groups (broad SMARTS) is 1. The van der Waals surface area contributed by atoms with Crippen molar-refractivity contribution in [3.05, 3.63) is 34.1 Å². The van der Waals surface area contributed by atoms with E-state index in [9.17, 15) is 9.18 Å². The smallest absolute Gasteiger partial charge is 0.317 e. The molecule has 0 saturated carbocycles. The van der Waals surface area contributed by atoms with Crippen molar-refractivity contribution in [2.24, 2.45) is 0 Å². The standard InChI is InChI=1S/C15H20BrFN2O2/c1-11(12-3-4-14(17)13(16)9-12)19-6-2-5-18(7-8-19)10-15(20)21/h3-4,9,11H,2,5-8,10H2,1H3,(H,20,21). The molecule has 1 heterocycles. The Morgan fingerprint density at radius 3 is 2.81 bits per heavy atom. The second-order valence-electron chi connectivity index (χ2n) is 5.41. The SMILES string of the molecule is CC(c1ccc(F)c(Br)c1)N1CCCN(CC(=O)O)CC1. The van der Waals surface area contributed by atoms with Gasteiger partial charge in [0, 0.05) is 32.2 Å². The first-order valence-corrected chi connectivity index (χ1v) is 7.90. The highest BCUT2D eigenvalue weighted by atomic mass is 79.9. The van der Waals surface area contributed by atoms with E-state index in [1.807, 2.05) is 17.0 Å². The molecule has 0 aromatic heterocycles. The van der Waals surface area contributed by atoms with E-state index in [1.54, 1.807) is 0 Å². The summed E-state index contributed by atoms with van der Waals surface area (Å²) in [5.74, 6) is -1.03. The first-order chi connectivity index (χ1) is 9.97. The van der Waals surface area contributed by atoms with E-state index in [1.165, 1.54) is 6.07 Å². The van der Waals surface area contributed by atoms with Gasteiger partial charge in [0.2, 0.25) is 0 Å². The normalized spacial score (nSPS) is 19.2. The molecule has 4 nitrogen and oxygen atoms in total. The number of hydrogen-bond acceptors (Lipinski definition) is 3. The minimum atomic E-state index is -0.779. The van der Waals surface area contributed by atoms with Gasteiger partial charge in [-0.3, -0.25) is 14.6 Å². The van der Waals surface area contributed by atoms with E-state index in [-0.39, 0.29) is 18.4 Å². The maximum Gasteiger partial charge on any atom is 0.317 e. The molecule has 1 fully saturated rings. The Labute approximate surface area is 132 Å². The molecule has 1 saturated heterocycles. The highest BCUT2D eigenvalue weighted by Crippen LogP contribution is 2.26. The van der Waals surface area contributed by atoms with Crippen LogP contribution in [0.4, 0.5) is 4.39 Å². The van der Waals surface area contributed by atoms with Gasteiger partial charge in [0.1, 0.15) is 5.82 Å². The maximum absolute atomic E-state index is 13.3. The zero-order valence-corrected chi connectivity index (χ0v) is 13.6. The van der Waals surface area contributed by atoms with Gasteiger partial charge in [-0.25, -0.2) is 4.39 Å². The summed E-state index contributed by atoms with van der Waals surface area (Å²) < 4.78 is 13.8. The molecule has 1 aliphatic rings. The fourth-order valence-electron chi connectivity index (χ4n) is 2.71. The fourth-order valence-corrected chi connectivity index (χ4v) is 3.11. The Balaban J connectivity index is 2.00. The first-order valence-electron chi connectivity index (χ1n) is 7.10. The minimum Gasteiger partial charge on any atom is -0.480 e. The van der Waals surface area contributed by atoms with Gasteiger partial charge in [-0.15, -0.1) is 0 Å². The number of rotatable bonds is 4. The van der Waals surface area contributed by atoms with Crippen LogP contribution in [-0.4, -0.2) is 53.6 Å². The number of halogens is 2. The van der Waals surface area contributed by atoms with Crippen LogP contribution in [0.5, 0.6) is 0 Å². The molecule has 2 rings (SSSR count). The molecule has 1 N–H and O–H groups in total. The lowest BCUT2D eigenvalue weighted by Gasteiger charge is -2.28. The van der Waals surface area contributed by atoms with Gasteiger partial charge >= 0.3 is 5.97 Å². The molecular formula is C15H20BrFN2O2. The quantitative estimate of drug-likeness (QED) is 0.898. The third-order valence-electron chi connectivity index (χ3n) is 3.96. The largest absolute Gasteiger partial charge is 0.480 e. The van der Waals surface area contributed by atoms with Crippen LogP contribution in [0, 0.1) is 5.82 Å². The topological polar surface area (TPSA) is 43.8 Å². The van der Waals surface area contributed by atoms with Crippen molar-refractivity contribution in [3.63, 3.8) is 0 Å². The second kappa shape index (κ2) is 7.33. The lowest BCUT2D eigenvalue weighted by atomic mass is 10.1. The zero-order chi connectivity index (χ0) is 15.4. The Hall–Kier alpha value is -0.980. The summed E-state index contributed by atoms with van der Waals surface area (Å²) in [5, 5.41) is 8.87. The van der Waals surface area contributed by atoms with Gasteiger partial charge in [-0.2, -0.15) is 0 Å². The van der Waals surface area contributed by atoms with Crippen LogP contribution in [0.3, 0.4) is 0 Å². The Bertz CT molecular complexity index is 512. The highest BCUT2D eigenvalue weighted by molar-refractivity contribution is 9.10. The molecule has 6 heteroatoms. The average molecular weight is 359 g/mol. The Morgan fingerprint density at radius 2 is 2.14 bits per heavy atom. The van der Waals surface area contributed by atoms with Crippen molar-refractivity contribution in [1.82, 2.24) is 9.80 Å². The van der Waals surface area contributed by atoms with Crippen LogP contribution in [0.2, 0.25) is 0 Å². The van der Waals surface area contributed by atoms with Crippen LogP contribution in [0.1, 0.15) is 24.9 Å². The summed E-state index contributed by atoms with van der Waals surface area (Å²) in [6.07, 6.45) is 0.944. The number of nitrogens with zero attached hydrogens (tertiary/aromatic N) is 2. The monoisotopic (exact) mass is 358 g/mol. The van der Waals surface area contributed by atoms with Crippen LogP contribution in [0.25, 0.3) is 0 Å². The van der Waals surface area contributed by atoms with Crippen molar-refractivity contribution in [2.75, 3.05) is 32.7 Å². The molecule has 1 unspecified atom stereocenters. The number of carboxylic acids is 1. The average Bonchev–Trinajstić information content (AvgIpc) is 2.66. The van der Waals surface area contributed by atoms with Crippen molar-refractivity contribution in [1.29, 1.82) is 0 Å². The molecule has 0 amide bonds. The summed E-state index contributed by atoms with van der Waals surface area (Å²) in [5.41, 5.74) is 1.06. The first kappa shape index (κ1) is 16.4. The summed E-state index contributed by atoms with van der Waals surface area (Å²) in [4.78, 5) is 15.1.